The van der Waals surface area contributed by atoms with Crippen LogP contribution in [0.25, 0.3) is 0 Å². The minimum atomic E-state index is 0.693. The zero-order chi connectivity index (χ0) is 14.0. The largest absolute Gasteiger partial charge is 0.314 e. The van der Waals surface area contributed by atoms with Crippen molar-refractivity contribution in [2.45, 2.75) is 86.1 Å². The van der Waals surface area contributed by atoms with Gasteiger partial charge < -0.3 is 5.32 Å². The smallest absolute Gasteiger partial charge is 0.00387 e. The molecule has 4 atom stereocenters. The highest BCUT2D eigenvalue weighted by Crippen LogP contribution is 2.20. The maximum Gasteiger partial charge on any atom is 0.00387 e. The minimum Gasteiger partial charge on any atom is -0.314 e. The summed E-state index contributed by atoms with van der Waals surface area (Å²) in [5, 5.41) is 3.66. The summed E-state index contributed by atoms with van der Waals surface area (Å²) in [6.45, 7) is 15.3. The van der Waals surface area contributed by atoms with Gasteiger partial charge >= 0.3 is 0 Å². The van der Waals surface area contributed by atoms with E-state index in [0.29, 0.717) is 6.04 Å². The van der Waals surface area contributed by atoms with Crippen molar-refractivity contribution < 1.29 is 0 Å². The third kappa shape index (κ3) is 8.97. The Balaban J connectivity index is 3.50. The predicted octanol–water partition coefficient (Wildman–Crippen LogP) is 5.25. The first kappa shape index (κ1) is 18.0. The SMILES string of the molecule is CCC(C)CCNC(C)CCCC(C)C(C)CC. The molecule has 0 aliphatic rings. The molecule has 0 saturated heterocycles. The standard InChI is InChI=1S/C17H37N/c1-7-14(3)12-13-18-17(6)11-9-10-16(5)15(4)8-2/h14-18H,7-13H2,1-6H3. The molecule has 4 unspecified atom stereocenters. The van der Waals surface area contributed by atoms with Crippen molar-refractivity contribution in [1.82, 2.24) is 5.32 Å². The van der Waals surface area contributed by atoms with Crippen LogP contribution >= 0.6 is 0 Å². The van der Waals surface area contributed by atoms with Gasteiger partial charge in [-0.2, -0.15) is 0 Å². The van der Waals surface area contributed by atoms with Crippen molar-refractivity contribution in [2.24, 2.45) is 17.8 Å². The molecule has 0 bridgehead atoms. The van der Waals surface area contributed by atoms with Crippen LogP contribution in [0.2, 0.25) is 0 Å². The van der Waals surface area contributed by atoms with Crippen LogP contribution in [0.5, 0.6) is 0 Å². The Morgan fingerprint density at radius 1 is 0.778 bits per heavy atom. The molecule has 0 aliphatic carbocycles. The highest BCUT2D eigenvalue weighted by molar-refractivity contribution is 4.65. The van der Waals surface area contributed by atoms with Crippen molar-refractivity contribution in [3.63, 3.8) is 0 Å². The topological polar surface area (TPSA) is 12.0 Å². The second kappa shape index (κ2) is 10.8. The lowest BCUT2D eigenvalue weighted by molar-refractivity contribution is 0.334. The molecular weight excluding hydrogens is 218 g/mol. The fourth-order valence-corrected chi connectivity index (χ4v) is 2.32. The number of hydrogen-bond acceptors (Lipinski definition) is 1. The summed E-state index contributed by atoms with van der Waals surface area (Å²) < 4.78 is 0. The van der Waals surface area contributed by atoms with Gasteiger partial charge in [-0.15, -0.1) is 0 Å². The highest BCUT2D eigenvalue weighted by atomic mass is 14.9. The quantitative estimate of drug-likeness (QED) is 0.531. The van der Waals surface area contributed by atoms with Gasteiger partial charge in [-0.05, 0) is 44.1 Å². The molecular formula is C17H37N. The molecule has 0 heterocycles. The van der Waals surface area contributed by atoms with Crippen LogP contribution in [-0.4, -0.2) is 12.6 Å². The zero-order valence-electron chi connectivity index (χ0n) is 13.8. The van der Waals surface area contributed by atoms with Gasteiger partial charge in [0.1, 0.15) is 0 Å². The Bertz CT molecular complexity index is 178. The molecule has 1 heteroatoms. The summed E-state index contributed by atoms with van der Waals surface area (Å²) in [5.74, 6) is 2.65. The molecule has 0 saturated carbocycles. The first-order valence-corrected chi connectivity index (χ1v) is 8.24. The number of nitrogens with one attached hydrogen (secondary N) is 1. The second-order valence-electron chi connectivity index (χ2n) is 6.45. The van der Waals surface area contributed by atoms with Gasteiger partial charge in [-0.3, -0.25) is 0 Å². The Hall–Kier alpha value is -0.0400. The van der Waals surface area contributed by atoms with Gasteiger partial charge in [0.15, 0.2) is 0 Å². The van der Waals surface area contributed by atoms with Crippen LogP contribution in [0.15, 0.2) is 0 Å². The lowest BCUT2D eigenvalue weighted by atomic mass is 9.89. The number of rotatable bonds is 11. The van der Waals surface area contributed by atoms with Crippen LogP contribution in [0, 0.1) is 17.8 Å². The Kier molecular flexibility index (Phi) is 10.8. The molecule has 0 amide bonds. The van der Waals surface area contributed by atoms with E-state index in [2.05, 4.69) is 46.9 Å². The Morgan fingerprint density at radius 2 is 1.44 bits per heavy atom. The van der Waals surface area contributed by atoms with Gasteiger partial charge in [0.2, 0.25) is 0 Å². The van der Waals surface area contributed by atoms with E-state index in [1.165, 1.54) is 45.1 Å². The third-order valence-corrected chi connectivity index (χ3v) is 4.74. The lowest BCUT2D eigenvalue weighted by Crippen LogP contribution is -2.28. The van der Waals surface area contributed by atoms with E-state index >= 15 is 0 Å². The molecule has 1 nitrogen and oxygen atoms in total. The van der Waals surface area contributed by atoms with Crippen LogP contribution < -0.4 is 5.32 Å². The van der Waals surface area contributed by atoms with E-state index in [1.54, 1.807) is 0 Å². The number of hydrogen-bond donors (Lipinski definition) is 1. The van der Waals surface area contributed by atoms with E-state index in [1.807, 2.05) is 0 Å². The van der Waals surface area contributed by atoms with E-state index in [9.17, 15) is 0 Å². The van der Waals surface area contributed by atoms with Crippen LogP contribution in [0.1, 0.15) is 80.1 Å². The molecule has 0 radical (unpaired) electrons. The van der Waals surface area contributed by atoms with Crippen LogP contribution in [0.3, 0.4) is 0 Å². The van der Waals surface area contributed by atoms with E-state index in [4.69, 9.17) is 0 Å². The Morgan fingerprint density at radius 3 is 2.00 bits per heavy atom. The fraction of sp³-hybridized carbons (Fsp3) is 1.00. The monoisotopic (exact) mass is 255 g/mol. The molecule has 1 N–H and O–H groups in total. The third-order valence-electron chi connectivity index (χ3n) is 4.74. The van der Waals surface area contributed by atoms with Crippen molar-refractivity contribution in [3.8, 4) is 0 Å². The summed E-state index contributed by atoms with van der Waals surface area (Å²) in [5.41, 5.74) is 0. The maximum absolute atomic E-state index is 3.66. The first-order valence-electron chi connectivity index (χ1n) is 8.24. The maximum atomic E-state index is 3.66. The summed E-state index contributed by atoms with van der Waals surface area (Å²) in [6, 6.07) is 0.693. The second-order valence-corrected chi connectivity index (χ2v) is 6.45. The van der Waals surface area contributed by atoms with Crippen LogP contribution in [-0.2, 0) is 0 Å². The van der Waals surface area contributed by atoms with Crippen LogP contribution in [0.4, 0.5) is 0 Å². The van der Waals surface area contributed by atoms with Crippen molar-refractivity contribution in [2.75, 3.05) is 6.54 Å². The van der Waals surface area contributed by atoms with E-state index < -0.39 is 0 Å². The van der Waals surface area contributed by atoms with Gasteiger partial charge in [0.05, 0.1) is 0 Å². The molecule has 110 valence electrons. The van der Waals surface area contributed by atoms with Crippen molar-refractivity contribution in [1.29, 1.82) is 0 Å². The summed E-state index contributed by atoms with van der Waals surface area (Å²) in [7, 11) is 0. The molecule has 0 aromatic carbocycles. The summed E-state index contributed by atoms with van der Waals surface area (Å²) >= 11 is 0. The highest BCUT2D eigenvalue weighted by Gasteiger charge is 2.10. The van der Waals surface area contributed by atoms with Gasteiger partial charge in [-0.1, -0.05) is 60.3 Å². The van der Waals surface area contributed by atoms with Crippen molar-refractivity contribution in [3.05, 3.63) is 0 Å². The average molecular weight is 255 g/mol. The molecule has 18 heavy (non-hydrogen) atoms. The molecule has 0 spiro atoms. The van der Waals surface area contributed by atoms with Crippen molar-refractivity contribution >= 4 is 0 Å². The van der Waals surface area contributed by atoms with Gasteiger partial charge in [0, 0.05) is 6.04 Å². The normalized spacial score (nSPS) is 18.3. The van der Waals surface area contributed by atoms with Gasteiger partial charge in [-0.25, -0.2) is 0 Å². The van der Waals surface area contributed by atoms with E-state index in [-0.39, 0.29) is 0 Å². The molecule has 0 rings (SSSR count). The zero-order valence-corrected chi connectivity index (χ0v) is 13.8. The minimum absolute atomic E-state index is 0.693. The Labute approximate surface area is 116 Å². The summed E-state index contributed by atoms with van der Waals surface area (Å²) in [4.78, 5) is 0. The average Bonchev–Trinajstić information content (AvgIpc) is 2.37. The molecule has 0 fully saturated rings. The molecule has 0 aromatic rings. The molecule has 0 aliphatic heterocycles. The van der Waals surface area contributed by atoms with E-state index in [0.717, 1.165) is 17.8 Å². The van der Waals surface area contributed by atoms with Gasteiger partial charge in [0.25, 0.3) is 0 Å². The summed E-state index contributed by atoms with van der Waals surface area (Å²) in [6.07, 6.45) is 8.06. The lowest BCUT2D eigenvalue weighted by Gasteiger charge is -2.20. The first-order chi connectivity index (χ1) is 8.51. The predicted molar refractivity (Wildman–Crippen MR) is 84.0 cm³/mol. The molecule has 0 aromatic heterocycles. The fourth-order valence-electron chi connectivity index (χ4n) is 2.32.